The van der Waals surface area contributed by atoms with Gasteiger partial charge in [0, 0.05) is 31.7 Å². The van der Waals surface area contributed by atoms with Crippen LogP contribution in [0.4, 0.5) is 0 Å². The highest BCUT2D eigenvalue weighted by Crippen LogP contribution is 2.37. The average molecular weight is 413 g/mol. The van der Waals surface area contributed by atoms with Crippen LogP contribution in [-0.2, 0) is 12.8 Å². The molecule has 3 aromatic carbocycles. The molecular weight excluding hydrogens is 384 g/mol. The molecule has 0 saturated carbocycles. The van der Waals surface area contributed by atoms with Gasteiger partial charge in [0.1, 0.15) is 5.75 Å². The Kier molecular flexibility index (Phi) is 5.47. The number of rotatable bonds is 3. The molecule has 1 saturated heterocycles. The summed E-state index contributed by atoms with van der Waals surface area (Å²) in [5.41, 5.74) is 6.41. The molecule has 0 N–H and O–H groups in total. The minimum absolute atomic E-state index is 0.0835. The quantitative estimate of drug-likeness (QED) is 0.642. The van der Waals surface area contributed by atoms with Gasteiger partial charge >= 0.3 is 0 Å². The number of piperazine rings is 1. The van der Waals surface area contributed by atoms with E-state index in [2.05, 4.69) is 53.4 Å². The smallest absolute Gasteiger partial charge is 0.254 e. The number of fused-ring (bicyclic) bond motifs is 2. The summed E-state index contributed by atoms with van der Waals surface area (Å²) in [6, 6.07) is 25.4. The van der Waals surface area contributed by atoms with Crippen molar-refractivity contribution in [1.29, 1.82) is 0 Å². The van der Waals surface area contributed by atoms with Gasteiger partial charge in [-0.2, -0.15) is 0 Å². The number of amides is 1. The molecule has 1 heterocycles. The minimum atomic E-state index is 0.0835. The van der Waals surface area contributed by atoms with Crippen molar-refractivity contribution in [2.75, 3.05) is 33.3 Å². The van der Waals surface area contributed by atoms with Gasteiger partial charge in [-0.3, -0.25) is 9.69 Å². The maximum absolute atomic E-state index is 13.1. The van der Waals surface area contributed by atoms with Crippen LogP contribution in [0.3, 0.4) is 0 Å². The van der Waals surface area contributed by atoms with Gasteiger partial charge in [0.05, 0.1) is 13.2 Å². The molecule has 0 atom stereocenters. The number of hydrogen-bond acceptors (Lipinski definition) is 3. The summed E-state index contributed by atoms with van der Waals surface area (Å²) < 4.78 is 5.29. The lowest BCUT2D eigenvalue weighted by Gasteiger charge is -2.40. The van der Waals surface area contributed by atoms with E-state index in [1.807, 2.05) is 29.2 Å². The van der Waals surface area contributed by atoms with Gasteiger partial charge in [0.25, 0.3) is 5.91 Å². The standard InChI is InChI=1S/C27H28N2O2/c1-31-23-10-6-9-22(19-23)27(30)29-17-15-28(16-18-29)26-24-11-4-2-7-20(24)13-14-21-8-3-5-12-25(21)26/h2-12,19,26H,13-18H2,1H3. The summed E-state index contributed by atoms with van der Waals surface area (Å²) in [6.45, 7) is 3.19. The second-order valence-corrected chi connectivity index (χ2v) is 8.36. The molecule has 0 unspecified atom stereocenters. The van der Waals surface area contributed by atoms with Crippen molar-refractivity contribution in [2.45, 2.75) is 18.9 Å². The molecule has 0 spiro atoms. The summed E-state index contributed by atoms with van der Waals surface area (Å²) in [5, 5.41) is 0. The zero-order valence-electron chi connectivity index (χ0n) is 18.0. The van der Waals surface area contributed by atoms with E-state index in [-0.39, 0.29) is 11.9 Å². The number of nitrogens with zero attached hydrogens (tertiary/aromatic N) is 2. The fourth-order valence-corrected chi connectivity index (χ4v) is 5.01. The summed E-state index contributed by atoms with van der Waals surface area (Å²) in [6.07, 6.45) is 2.16. The topological polar surface area (TPSA) is 32.8 Å². The molecule has 0 bridgehead atoms. The summed E-state index contributed by atoms with van der Waals surface area (Å²) in [5.74, 6) is 0.802. The lowest BCUT2D eigenvalue weighted by molar-refractivity contribution is 0.0596. The normalized spacial score (nSPS) is 16.9. The van der Waals surface area contributed by atoms with Gasteiger partial charge in [-0.25, -0.2) is 0 Å². The molecule has 1 fully saturated rings. The van der Waals surface area contributed by atoms with E-state index in [1.54, 1.807) is 7.11 Å². The minimum Gasteiger partial charge on any atom is -0.497 e. The van der Waals surface area contributed by atoms with Crippen molar-refractivity contribution in [2.24, 2.45) is 0 Å². The molecular formula is C27H28N2O2. The van der Waals surface area contributed by atoms with Crippen molar-refractivity contribution in [1.82, 2.24) is 9.80 Å². The first-order valence-electron chi connectivity index (χ1n) is 11.1. The molecule has 31 heavy (non-hydrogen) atoms. The molecule has 0 aromatic heterocycles. The number of methoxy groups -OCH3 is 1. The largest absolute Gasteiger partial charge is 0.497 e. The van der Waals surface area contributed by atoms with Crippen molar-refractivity contribution < 1.29 is 9.53 Å². The molecule has 1 amide bonds. The highest BCUT2D eigenvalue weighted by atomic mass is 16.5. The summed E-state index contributed by atoms with van der Waals surface area (Å²) in [4.78, 5) is 17.6. The van der Waals surface area contributed by atoms with Crippen LogP contribution in [0, 0.1) is 0 Å². The van der Waals surface area contributed by atoms with E-state index in [0.717, 1.165) is 44.8 Å². The Hall–Kier alpha value is -3.11. The summed E-state index contributed by atoms with van der Waals surface area (Å²) >= 11 is 0. The third-order valence-corrected chi connectivity index (χ3v) is 6.65. The maximum Gasteiger partial charge on any atom is 0.254 e. The number of hydrogen-bond donors (Lipinski definition) is 0. The Morgan fingerprint density at radius 2 is 1.42 bits per heavy atom. The highest BCUT2D eigenvalue weighted by molar-refractivity contribution is 5.94. The van der Waals surface area contributed by atoms with Gasteiger partial charge < -0.3 is 9.64 Å². The van der Waals surface area contributed by atoms with Crippen LogP contribution in [-0.4, -0.2) is 49.0 Å². The van der Waals surface area contributed by atoms with Crippen LogP contribution in [0.2, 0.25) is 0 Å². The van der Waals surface area contributed by atoms with Crippen molar-refractivity contribution in [3.05, 3.63) is 101 Å². The molecule has 0 radical (unpaired) electrons. The van der Waals surface area contributed by atoms with Gasteiger partial charge in [0.15, 0.2) is 0 Å². The van der Waals surface area contributed by atoms with Crippen LogP contribution in [0.5, 0.6) is 5.75 Å². The molecule has 158 valence electrons. The van der Waals surface area contributed by atoms with Gasteiger partial charge in [0.2, 0.25) is 0 Å². The first kappa shape index (κ1) is 19.8. The van der Waals surface area contributed by atoms with Crippen molar-refractivity contribution in [3.8, 4) is 5.75 Å². The predicted octanol–water partition coefficient (Wildman–Crippen LogP) is 4.34. The number of ether oxygens (including phenoxy) is 1. The highest BCUT2D eigenvalue weighted by Gasteiger charge is 2.32. The van der Waals surface area contributed by atoms with Crippen LogP contribution in [0.1, 0.15) is 38.7 Å². The Morgan fingerprint density at radius 3 is 2.03 bits per heavy atom. The number of aryl methyl sites for hydroxylation is 2. The van der Waals surface area contributed by atoms with Crippen molar-refractivity contribution >= 4 is 5.91 Å². The van der Waals surface area contributed by atoms with Gasteiger partial charge in [-0.05, 0) is 53.3 Å². The van der Waals surface area contributed by atoms with Crippen molar-refractivity contribution in [3.63, 3.8) is 0 Å². The lowest BCUT2D eigenvalue weighted by atomic mass is 9.92. The first-order chi connectivity index (χ1) is 15.2. The van der Waals surface area contributed by atoms with Crippen LogP contribution >= 0.6 is 0 Å². The van der Waals surface area contributed by atoms with Gasteiger partial charge in [-0.15, -0.1) is 0 Å². The zero-order chi connectivity index (χ0) is 21.2. The lowest BCUT2D eigenvalue weighted by Crippen LogP contribution is -2.50. The third kappa shape index (κ3) is 3.84. The van der Waals surface area contributed by atoms with Gasteiger partial charge in [-0.1, -0.05) is 54.6 Å². The molecule has 3 aromatic rings. The molecule has 2 aliphatic rings. The molecule has 1 aliphatic heterocycles. The Balaban J connectivity index is 1.39. The van der Waals surface area contributed by atoms with E-state index in [0.29, 0.717) is 5.56 Å². The third-order valence-electron chi connectivity index (χ3n) is 6.65. The Labute approximate surface area is 184 Å². The van der Waals surface area contributed by atoms with Crippen LogP contribution in [0.25, 0.3) is 0 Å². The predicted molar refractivity (Wildman–Crippen MR) is 123 cm³/mol. The first-order valence-corrected chi connectivity index (χ1v) is 11.1. The van der Waals surface area contributed by atoms with E-state index in [1.165, 1.54) is 22.3 Å². The fraction of sp³-hybridized carbons (Fsp3) is 0.296. The molecule has 4 heteroatoms. The van der Waals surface area contributed by atoms with E-state index in [9.17, 15) is 4.79 Å². The van der Waals surface area contributed by atoms with E-state index >= 15 is 0 Å². The molecule has 4 nitrogen and oxygen atoms in total. The maximum atomic E-state index is 13.1. The van der Waals surface area contributed by atoms with Crippen LogP contribution < -0.4 is 4.74 Å². The van der Waals surface area contributed by atoms with Crippen LogP contribution in [0.15, 0.2) is 72.8 Å². The Bertz CT molecular complexity index is 1040. The Morgan fingerprint density at radius 1 is 0.806 bits per heavy atom. The van der Waals surface area contributed by atoms with E-state index < -0.39 is 0 Å². The molecule has 1 aliphatic carbocycles. The second kappa shape index (κ2) is 8.56. The zero-order valence-corrected chi connectivity index (χ0v) is 18.0. The molecule has 5 rings (SSSR count). The average Bonchev–Trinajstić information content (AvgIpc) is 3.01. The SMILES string of the molecule is COc1cccc(C(=O)N2CCN(C3c4ccccc4CCc4ccccc43)CC2)c1. The monoisotopic (exact) mass is 412 g/mol. The number of benzene rings is 3. The summed E-state index contributed by atoms with van der Waals surface area (Å²) in [7, 11) is 1.63. The van der Waals surface area contributed by atoms with E-state index in [4.69, 9.17) is 4.74 Å². The fourth-order valence-electron chi connectivity index (χ4n) is 5.01. The second-order valence-electron chi connectivity index (χ2n) is 8.36. The number of carbonyl (C=O) groups excluding carboxylic acids is 1. The number of carbonyl (C=O) groups is 1.